The van der Waals surface area contributed by atoms with Crippen LogP contribution in [0.3, 0.4) is 0 Å². The first-order valence-corrected chi connectivity index (χ1v) is 8.39. The molecule has 0 aliphatic carbocycles. The van der Waals surface area contributed by atoms with Crippen molar-refractivity contribution in [3.63, 3.8) is 0 Å². The van der Waals surface area contributed by atoms with Gasteiger partial charge in [0.2, 0.25) is 0 Å². The highest BCUT2D eigenvalue weighted by atomic mass is 35.5. The lowest BCUT2D eigenvalue weighted by atomic mass is 10.2. The van der Waals surface area contributed by atoms with Crippen LogP contribution in [0.2, 0.25) is 5.02 Å². The Morgan fingerprint density at radius 1 is 1.17 bits per heavy atom. The Hall–Kier alpha value is -1.59. The van der Waals surface area contributed by atoms with E-state index in [9.17, 15) is 9.59 Å². The Labute approximate surface area is 142 Å². The van der Waals surface area contributed by atoms with Crippen LogP contribution in [-0.4, -0.2) is 54.9 Å². The lowest BCUT2D eigenvalue weighted by Crippen LogP contribution is -2.48. The average Bonchev–Trinajstić information content (AvgIpc) is 2.58. The van der Waals surface area contributed by atoms with E-state index in [1.54, 1.807) is 11.0 Å². The lowest BCUT2D eigenvalue weighted by molar-refractivity contribution is -0.107. The Balaban J connectivity index is 1.67. The second-order valence-corrected chi connectivity index (χ2v) is 6.04. The molecular weight excluding hydrogens is 316 g/mol. The van der Waals surface area contributed by atoms with Crippen molar-refractivity contribution < 1.29 is 14.3 Å². The second-order valence-electron chi connectivity index (χ2n) is 5.64. The fourth-order valence-electron chi connectivity index (χ4n) is 2.56. The van der Waals surface area contributed by atoms with Gasteiger partial charge in [-0.05, 0) is 25.5 Å². The van der Waals surface area contributed by atoms with Crippen molar-refractivity contribution in [2.75, 3.05) is 32.7 Å². The number of halogens is 1. The van der Waals surface area contributed by atoms with Gasteiger partial charge in [0.25, 0.3) is 0 Å². The molecule has 1 aliphatic heterocycles. The highest BCUT2D eigenvalue weighted by molar-refractivity contribution is 6.31. The summed E-state index contributed by atoms with van der Waals surface area (Å²) in [6, 6.07) is 7.36. The topological polar surface area (TPSA) is 49.9 Å². The summed E-state index contributed by atoms with van der Waals surface area (Å²) in [5.74, 6) is 0. The molecule has 1 aromatic rings. The first-order chi connectivity index (χ1) is 11.2. The van der Waals surface area contributed by atoms with Crippen molar-refractivity contribution >= 4 is 24.0 Å². The first kappa shape index (κ1) is 17.8. The molecule has 1 heterocycles. The molecule has 23 heavy (non-hydrogen) atoms. The number of benzene rings is 1. The number of hydrogen-bond donors (Lipinski definition) is 0. The number of ether oxygens (including phenoxy) is 1. The number of rotatable bonds is 7. The summed E-state index contributed by atoms with van der Waals surface area (Å²) < 4.78 is 5.34. The zero-order chi connectivity index (χ0) is 16.5. The number of unbranched alkanes of at least 4 members (excludes halogenated alkanes) is 2. The minimum absolute atomic E-state index is 0.199. The van der Waals surface area contributed by atoms with E-state index >= 15 is 0 Å². The molecule has 2 rings (SSSR count). The number of amides is 1. The smallest absolute Gasteiger partial charge is 0.410 e. The third-order valence-electron chi connectivity index (χ3n) is 3.99. The summed E-state index contributed by atoms with van der Waals surface area (Å²) in [7, 11) is 0. The van der Waals surface area contributed by atoms with Crippen LogP contribution in [0.4, 0.5) is 4.79 Å². The molecule has 1 aromatic carbocycles. The van der Waals surface area contributed by atoms with E-state index < -0.39 is 0 Å². The molecule has 126 valence electrons. The lowest BCUT2D eigenvalue weighted by Gasteiger charge is -2.34. The maximum atomic E-state index is 12.1. The van der Waals surface area contributed by atoms with E-state index in [0.29, 0.717) is 24.5 Å². The Bertz CT molecular complexity index is 516. The van der Waals surface area contributed by atoms with E-state index in [-0.39, 0.29) is 12.7 Å². The third-order valence-corrected chi connectivity index (χ3v) is 4.35. The van der Waals surface area contributed by atoms with E-state index in [2.05, 4.69) is 4.90 Å². The van der Waals surface area contributed by atoms with Crippen molar-refractivity contribution in [2.24, 2.45) is 0 Å². The number of piperazine rings is 1. The van der Waals surface area contributed by atoms with Gasteiger partial charge in [-0.2, -0.15) is 0 Å². The molecule has 1 amide bonds. The van der Waals surface area contributed by atoms with E-state index in [1.165, 1.54) is 0 Å². The van der Waals surface area contributed by atoms with Crippen LogP contribution in [-0.2, 0) is 16.1 Å². The largest absolute Gasteiger partial charge is 0.444 e. The molecule has 0 unspecified atom stereocenters. The normalized spacial score (nSPS) is 15.4. The van der Waals surface area contributed by atoms with Crippen molar-refractivity contribution in [2.45, 2.75) is 25.9 Å². The molecular formula is C17H23ClN2O3. The van der Waals surface area contributed by atoms with E-state index in [4.69, 9.17) is 16.3 Å². The standard InChI is InChI=1S/C17H23ClN2O3/c18-16-7-3-2-6-15(16)14-23-17(22)20-11-9-19(10-12-20)8-4-1-5-13-21/h2-3,6-7,13H,1,4-5,8-12,14H2. The molecule has 0 radical (unpaired) electrons. The Morgan fingerprint density at radius 3 is 2.61 bits per heavy atom. The van der Waals surface area contributed by atoms with Crippen LogP contribution in [0.25, 0.3) is 0 Å². The van der Waals surface area contributed by atoms with E-state index in [0.717, 1.165) is 44.3 Å². The second kappa shape index (κ2) is 9.53. The van der Waals surface area contributed by atoms with Gasteiger partial charge < -0.3 is 14.4 Å². The molecule has 0 aromatic heterocycles. The molecule has 0 N–H and O–H groups in total. The summed E-state index contributed by atoms with van der Waals surface area (Å²) in [6.45, 7) is 4.23. The minimum atomic E-state index is -0.287. The van der Waals surface area contributed by atoms with Gasteiger partial charge in [-0.3, -0.25) is 4.90 Å². The van der Waals surface area contributed by atoms with Gasteiger partial charge in [-0.1, -0.05) is 29.8 Å². The Morgan fingerprint density at radius 2 is 1.91 bits per heavy atom. The Kier molecular flexibility index (Phi) is 7.36. The van der Waals surface area contributed by atoms with Crippen LogP contribution < -0.4 is 0 Å². The summed E-state index contributed by atoms with van der Waals surface area (Å²) in [5.41, 5.74) is 0.816. The van der Waals surface area contributed by atoms with Crippen LogP contribution in [0.15, 0.2) is 24.3 Å². The highest BCUT2D eigenvalue weighted by Gasteiger charge is 2.21. The number of nitrogens with zero attached hydrogens (tertiary/aromatic N) is 2. The van der Waals surface area contributed by atoms with Crippen LogP contribution in [0, 0.1) is 0 Å². The third kappa shape index (κ3) is 5.84. The van der Waals surface area contributed by atoms with Gasteiger partial charge in [0.1, 0.15) is 12.9 Å². The number of carbonyl (C=O) groups excluding carboxylic acids is 2. The van der Waals surface area contributed by atoms with Crippen LogP contribution in [0.1, 0.15) is 24.8 Å². The predicted octanol–water partition coefficient (Wildman–Crippen LogP) is 2.96. The highest BCUT2D eigenvalue weighted by Crippen LogP contribution is 2.16. The van der Waals surface area contributed by atoms with Gasteiger partial charge in [-0.25, -0.2) is 4.79 Å². The molecule has 1 aliphatic rings. The number of carbonyl (C=O) groups is 2. The van der Waals surface area contributed by atoms with Crippen molar-refractivity contribution in [1.29, 1.82) is 0 Å². The molecule has 0 atom stereocenters. The maximum Gasteiger partial charge on any atom is 0.410 e. The van der Waals surface area contributed by atoms with Gasteiger partial charge in [0.15, 0.2) is 0 Å². The number of aldehydes is 1. The fourth-order valence-corrected chi connectivity index (χ4v) is 2.75. The van der Waals surface area contributed by atoms with Crippen LogP contribution in [0.5, 0.6) is 0 Å². The van der Waals surface area contributed by atoms with E-state index in [1.807, 2.05) is 18.2 Å². The average molecular weight is 339 g/mol. The fraction of sp³-hybridized carbons (Fsp3) is 0.529. The van der Waals surface area contributed by atoms with Crippen LogP contribution >= 0.6 is 11.6 Å². The first-order valence-electron chi connectivity index (χ1n) is 8.02. The quantitative estimate of drug-likeness (QED) is 0.566. The molecule has 5 nitrogen and oxygen atoms in total. The molecule has 0 spiro atoms. The summed E-state index contributed by atoms with van der Waals surface area (Å²) in [6.07, 6.45) is 3.27. The summed E-state index contributed by atoms with van der Waals surface area (Å²) in [5, 5.41) is 0.612. The number of hydrogen-bond acceptors (Lipinski definition) is 4. The van der Waals surface area contributed by atoms with Gasteiger partial charge in [-0.15, -0.1) is 0 Å². The molecule has 0 bridgehead atoms. The predicted molar refractivity (Wildman–Crippen MR) is 89.6 cm³/mol. The van der Waals surface area contributed by atoms with Crippen molar-refractivity contribution in [3.05, 3.63) is 34.9 Å². The van der Waals surface area contributed by atoms with Gasteiger partial charge >= 0.3 is 6.09 Å². The monoisotopic (exact) mass is 338 g/mol. The molecule has 1 saturated heterocycles. The minimum Gasteiger partial charge on any atom is -0.444 e. The SMILES string of the molecule is O=CCCCCN1CCN(C(=O)OCc2ccccc2Cl)CC1. The zero-order valence-electron chi connectivity index (χ0n) is 13.2. The zero-order valence-corrected chi connectivity index (χ0v) is 14.0. The van der Waals surface area contributed by atoms with Crippen molar-refractivity contribution in [3.8, 4) is 0 Å². The van der Waals surface area contributed by atoms with Gasteiger partial charge in [0, 0.05) is 43.2 Å². The van der Waals surface area contributed by atoms with Gasteiger partial charge in [0.05, 0.1) is 0 Å². The molecule has 1 fully saturated rings. The molecule has 6 heteroatoms. The maximum absolute atomic E-state index is 12.1. The summed E-state index contributed by atoms with van der Waals surface area (Å²) in [4.78, 5) is 26.4. The van der Waals surface area contributed by atoms with Crippen molar-refractivity contribution in [1.82, 2.24) is 9.80 Å². The summed E-state index contributed by atoms with van der Waals surface area (Å²) >= 11 is 6.05. The molecule has 0 saturated carbocycles.